The van der Waals surface area contributed by atoms with E-state index in [9.17, 15) is 13.6 Å². The molecule has 0 aromatic carbocycles. The minimum Gasteiger partial charge on any atom is -0.477 e. The van der Waals surface area contributed by atoms with Crippen molar-refractivity contribution in [3.63, 3.8) is 0 Å². The summed E-state index contributed by atoms with van der Waals surface area (Å²) in [4.78, 5) is 9.99. The molecule has 0 unspecified atom stereocenters. The summed E-state index contributed by atoms with van der Waals surface area (Å²) in [6.45, 7) is 3.35. The second-order valence-corrected chi connectivity index (χ2v) is 3.26. The number of allylic oxidation sites excluding steroid dienone is 1. The van der Waals surface area contributed by atoms with E-state index in [1.165, 1.54) is 0 Å². The number of halogens is 2. The van der Waals surface area contributed by atoms with Crippen LogP contribution in [0.25, 0.3) is 0 Å². The Morgan fingerprint density at radius 2 is 2.07 bits per heavy atom. The standard InChI is InChI=1S/C9H15F2NO2/c1-7(2)4-3-5-12-6-9(10,11)8(13)14/h4,12H,3,5-6H2,1-2H3,(H,13,14). The minimum atomic E-state index is -3.68. The monoisotopic (exact) mass is 207 g/mol. The third-order valence-corrected chi connectivity index (χ3v) is 1.53. The minimum absolute atomic E-state index is 0.355. The third-order valence-electron chi connectivity index (χ3n) is 1.53. The summed E-state index contributed by atoms with van der Waals surface area (Å²) in [5.74, 6) is -5.77. The fraction of sp³-hybridized carbons (Fsp3) is 0.667. The highest BCUT2D eigenvalue weighted by molar-refractivity contribution is 5.75. The van der Waals surface area contributed by atoms with Crippen LogP contribution in [0.3, 0.4) is 0 Å². The fourth-order valence-electron chi connectivity index (χ4n) is 0.784. The second kappa shape index (κ2) is 5.70. The van der Waals surface area contributed by atoms with Crippen molar-refractivity contribution in [3.8, 4) is 0 Å². The van der Waals surface area contributed by atoms with Gasteiger partial charge in [0.2, 0.25) is 0 Å². The van der Waals surface area contributed by atoms with Crippen LogP contribution in [0, 0.1) is 0 Å². The van der Waals surface area contributed by atoms with E-state index in [1.807, 2.05) is 19.9 Å². The van der Waals surface area contributed by atoms with E-state index in [-0.39, 0.29) is 0 Å². The van der Waals surface area contributed by atoms with Crippen molar-refractivity contribution in [1.29, 1.82) is 0 Å². The number of alkyl halides is 2. The largest absolute Gasteiger partial charge is 0.477 e. The number of carbonyl (C=O) groups is 1. The predicted molar refractivity (Wildman–Crippen MR) is 49.5 cm³/mol. The van der Waals surface area contributed by atoms with E-state index in [0.29, 0.717) is 13.0 Å². The molecular weight excluding hydrogens is 192 g/mol. The highest BCUT2D eigenvalue weighted by Gasteiger charge is 2.37. The number of carboxylic acids is 1. The van der Waals surface area contributed by atoms with Crippen molar-refractivity contribution in [2.75, 3.05) is 13.1 Å². The first-order valence-electron chi connectivity index (χ1n) is 4.31. The maximum atomic E-state index is 12.5. The van der Waals surface area contributed by atoms with E-state index in [0.717, 1.165) is 5.57 Å². The summed E-state index contributed by atoms with van der Waals surface area (Å²) in [5.41, 5.74) is 1.11. The zero-order valence-corrected chi connectivity index (χ0v) is 8.31. The van der Waals surface area contributed by atoms with Gasteiger partial charge in [-0.2, -0.15) is 8.78 Å². The summed E-state index contributed by atoms with van der Waals surface area (Å²) >= 11 is 0. The van der Waals surface area contributed by atoms with Crippen LogP contribution >= 0.6 is 0 Å². The van der Waals surface area contributed by atoms with Gasteiger partial charge in [0.05, 0.1) is 6.54 Å². The normalized spacial score (nSPS) is 11.1. The number of hydrogen-bond acceptors (Lipinski definition) is 2. The zero-order valence-electron chi connectivity index (χ0n) is 8.31. The van der Waals surface area contributed by atoms with Gasteiger partial charge >= 0.3 is 11.9 Å². The zero-order chi connectivity index (χ0) is 11.2. The van der Waals surface area contributed by atoms with E-state index in [1.54, 1.807) is 0 Å². The van der Waals surface area contributed by atoms with Gasteiger partial charge in [-0.05, 0) is 26.8 Å². The first-order chi connectivity index (χ1) is 6.36. The molecule has 0 radical (unpaired) electrons. The van der Waals surface area contributed by atoms with Gasteiger partial charge in [0, 0.05) is 0 Å². The highest BCUT2D eigenvalue weighted by atomic mass is 19.3. The molecule has 0 bridgehead atoms. The third kappa shape index (κ3) is 5.64. The van der Waals surface area contributed by atoms with Gasteiger partial charge < -0.3 is 10.4 Å². The van der Waals surface area contributed by atoms with Crippen molar-refractivity contribution in [2.24, 2.45) is 0 Å². The van der Waals surface area contributed by atoms with Crippen LogP contribution in [-0.2, 0) is 4.79 Å². The van der Waals surface area contributed by atoms with Gasteiger partial charge in [0.25, 0.3) is 0 Å². The Balaban J connectivity index is 3.65. The molecule has 0 aliphatic carbocycles. The lowest BCUT2D eigenvalue weighted by Crippen LogP contribution is -2.40. The lowest BCUT2D eigenvalue weighted by atomic mass is 10.2. The van der Waals surface area contributed by atoms with Crippen molar-refractivity contribution in [2.45, 2.75) is 26.2 Å². The topological polar surface area (TPSA) is 49.3 Å². The van der Waals surface area contributed by atoms with Gasteiger partial charge in [0.15, 0.2) is 0 Å². The van der Waals surface area contributed by atoms with Crippen LogP contribution in [0.1, 0.15) is 20.3 Å². The molecular formula is C9H15F2NO2. The molecule has 0 saturated heterocycles. The Kier molecular flexibility index (Phi) is 5.30. The van der Waals surface area contributed by atoms with Crippen molar-refractivity contribution < 1.29 is 18.7 Å². The van der Waals surface area contributed by atoms with E-state index in [2.05, 4.69) is 5.32 Å². The number of aliphatic carboxylic acids is 1. The summed E-state index contributed by atoms with van der Waals surface area (Å²) in [6.07, 6.45) is 2.52. The van der Waals surface area contributed by atoms with Crippen molar-refractivity contribution in [3.05, 3.63) is 11.6 Å². The molecule has 0 saturated carbocycles. The molecule has 0 aromatic rings. The molecule has 2 N–H and O–H groups in total. The van der Waals surface area contributed by atoms with Crippen LogP contribution < -0.4 is 5.32 Å². The van der Waals surface area contributed by atoms with Crippen molar-refractivity contribution >= 4 is 5.97 Å². The Bertz CT molecular complexity index is 223. The Labute approximate surface area is 81.8 Å². The fourth-order valence-corrected chi connectivity index (χ4v) is 0.784. The van der Waals surface area contributed by atoms with Gasteiger partial charge in [0.1, 0.15) is 0 Å². The average Bonchev–Trinajstić information content (AvgIpc) is 2.02. The SMILES string of the molecule is CC(C)=CCCNCC(F)(F)C(=O)O. The molecule has 0 rings (SSSR count). The first kappa shape index (κ1) is 13.0. The summed E-state index contributed by atoms with van der Waals surface area (Å²) in [5, 5.41) is 10.5. The smallest absolute Gasteiger partial charge is 0.375 e. The van der Waals surface area contributed by atoms with Crippen molar-refractivity contribution in [1.82, 2.24) is 5.32 Å². The Morgan fingerprint density at radius 1 is 1.50 bits per heavy atom. The molecule has 0 aliphatic heterocycles. The van der Waals surface area contributed by atoms with E-state index >= 15 is 0 Å². The Hall–Kier alpha value is -0.970. The van der Waals surface area contributed by atoms with E-state index in [4.69, 9.17) is 5.11 Å². The maximum Gasteiger partial charge on any atom is 0.375 e. The van der Waals surface area contributed by atoms with Crippen LogP contribution in [0.2, 0.25) is 0 Å². The molecule has 0 aliphatic rings. The number of carboxylic acid groups (broad SMARTS) is 1. The maximum absolute atomic E-state index is 12.5. The molecule has 5 heteroatoms. The highest BCUT2D eigenvalue weighted by Crippen LogP contribution is 2.11. The van der Waals surface area contributed by atoms with Gasteiger partial charge in [-0.3, -0.25) is 0 Å². The quantitative estimate of drug-likeness (QED) is 0.514. The van der Waals surface area contributed by atoms with Gasteiger partial charge in [-0.1, -0.05) is 11.6 Å². The van der Waals surface area contributed by atoms with Crippen LogP contribution in [-0.4, -0.2) is 30.1 Å². The molecule has 0 aromatic heterocycles. The summed E-state index contributed by atoms with van der Waals surface area (Å²) in [7, 11) is 0. The second-order valence-electron chi connectivity index (χ2n) is 3.26. The molecule has 14 heavy (non-hydrogen) atoms. The van der Waals surface area contributed by atoms with Gasteiger partial charge in [-0.15, -0.1) is 0 Å². The summed E-state index contributed by atoms with van der Waals surface area (Å²) in [6, 6.07) is 0. The van der Waals surface area contributed by atoms with Crippen LogP contribution in [0.15, 0.2) is 11.6 Å². The van der Waals surface area contributed by atoms with Crippen LogP contribution in [0.5, 0.6) is 0 Å². The predicted octanol–water partition coefficient (Wildman–Crippen LogP) is 1.65. The Morgan fingerprint density at radius 3 is 2.50 bits per heavy atom. The van der Waals surface area contributed by atoms with Crippen LogP contribution in [0.4, 0.5) is 8.78 Å². The van der Waals surface area contributed by atoms with Gasteiger partial charge in [-0.25, -0.2) is 4.79 Å². The first-order valence-corrected chi connectivity index (χ1v) is 4.31. The molecule has 3 nitrogen and oxygen atoms in total. The molecule has 0 fully saturated rings. The van der Waals surface area contributed by atoms with E-state index < -0.39 is 18.4 Å². The lowest BCUT2D eigenvalue weighted by molar-refractivity contribution is -0.163. The summed E-state index contributed by atoms with van der Waals surface area (Å²) < 4.78 is 24.9. The molecule has 0 atom stereocenters. The lowest BCUT2D eigenvalue weighted by Gasteiger charge is -2.11. The molecule has 0 spiro atoms. The average molecular weight is 207 g/mol. The molecule has 0 heterocycles. The number of rotatable bonds is 6. The number of hydrogen-bond donors (Lipinski definition) is 2. The number of nitrogens with one attached hydrogen (secondary N) is 1. The molecule has 82 valence electrons. The molecule has 0 amide bonds.